The van der Waals surface area contributed by atoms with Gasteiger partial charge in [0.2, 0.25) is 5.89 Å². The number of carbonyl (C=O) groups is 1. The molecule has 0 aliphatic heterocycles. The van der Waals surface area contributed by atoms with Crippen molar-refractivity contribution >= 4 is 5.97 Å². The minimum atomic E-state index is -0.515. The number of hydrogen-bond donors (Lipinski definition) is 0. The number of nitrogens with zero attached hydrogens (tertiary/aromatic N) is 2. The highest BCUT2D eigenvalue weighted by Gasteiger charge is 2.39. The summed E-state index contributed by atoms with van der Waals surface area (Å²) >= 11 is 0. The van der Waals surface area contributed by atoms with Crippen molar-refractivity contribution in [2.45, 2.75) is 46.0 Å². The molecule has 0 bridgehead atoms. The zero-order chi connectivity index (χ0) is 12.5. The Balaban J connectivity index is 2.16. The number of carbonyl (C=O) groups excluding carboxylic acids is 1. The molecule has 0 radical (unpaired) electrons. The van der Waals surface area contributed by atoms with Gasteiger partial charge in [0.05, 0.1) is 6.61 Å². The van der Waals surface area contributed by atoms with E-state index in [4.69, 9.17) is 9.26 Å². The van der Waals surface area contributed by atoms with Gasteiger partial charge in [-0.3, -0.25) is 0 Å². The molecule has 1 fully saturated rings. The quantitative estimate of drug-likeness (QED) is 0.757. The van der Waals surface area contributed by atoms with E-state index in [1.165, 1.54) is 0 Å². The van der Waals surface area contributed by atoms with Crippen molar-refractivity contribution in [3.05, 3.63) is 11.7 Å². The van der Waals surface area contributed by atoms with E-state index in [1.54, 1.807) is 6.92 Å². The third kappa shape index (κ3) is 2.33. The Kier molecular flexibility index (Phi) is 3.17. The van der Waals surface area contributed by atoms with Crippen LogP contribution in [0.2, 0.25) is 0 Å². The average Bonchev–Trinajstić information content (AvgIpc) is 2.84. The van der Waals surface area contributed by atoms with Crippen LogP contribution in [0.4, 0.5) is 0 Å². The van der Waals surface area contributed by atoms with E-state index in [0.717, 1.165) is 19.3 Å². The summed E-state index contributed by atoms with van der Waals surface area (Å²) < 4.78 is 10.0. The maximum Gasteiger partial charge on any atom is 0.379 e. The Hall–Kier alpha value is -1.39. The van der Waals surface area contributed by atoms with Crippen LogP contribution in [0.15, 0.2) is 4.52 Å². The highest BCUT2D eigenvalue weighted by atomic mass is 16.5. The second-order valence-corrected chi connectivity index (χ2v) is 5.11. The van der Waals surface area contributed by atoms with Gasteiger partial charge in [0.25, 0.3) is 5.82 Å². The van der Waals surface area contributed by atoms with Gasteiger partial charge in [0.15, 0.2) is 0 Å². The number of esters is 1. The van der Waals surface area contributed by atoms with Gasteiger partial charge in [-0.15, -0.1) is 0 Å². The number of hydrogen-bond acceptors (Lipinski definition) is 5. The van der Waals surface area contributed by atoms with Crippen molar-refractivity contribution < 1.29 is 14.1 Å². The molecule has 17 heavy (non-hydrogen) atoms. The highest BCUT2D eigenvalue weighted by molar-refractivity contribution is 5.84. The standard InChI is InChI=1S/C12H18N2O3/c1-4-16-11(15)9-13-10(17-14-9)8-6-5-7-12(8,2)3/h8H,4-7H2,1-3H3. The van der Waals surface area contributed by atoms with Crippen molar-refractivity contribution in [2.75, 3.05) is 6.61 Å². The van der Waals surface area contributed by atoms with Crippen molar-refractivity contribution in [3.63, 3.8) is 0 Å². The van der Waals surface area contributed by atoms with E-state index < -0.39 is 5.97 Å². The lowest BCUT2D eigenvalue weighted by molar-refractivity contribution is 0.0508. The molecule has 5 heteroatoms. The molecular weight excluding hydrogens is 220 g/mol. The first-order valence-corrected chi connectivity index (χ1v) is 6.05. The van der Waals surface area contributed by atoms with Crippen LogP contribution in [-0.4, -0.2) is 22.7 Å². The molecule has 0 saturated heterocycles. The average molecular weight is 238 g/mol. The molecule has 1 saturated carbocycles. The number of aromatic nitrogens is 2. The Labute approximate surface area is 101 Å². The second-order valence-electron chi connectivity index (χ2n) is 5.11. The summed E-state index contributed by atoms with van der Waals surface area (Å²) in [4.78, 5) is 15.6. The fraction of sp³-hybridized carbons (Fsp3) is 0.750. The minimum absolute atomic E-state index is 0.0320. The molecule has 5 nitrogen and oxygen atoms in total. The molecule has 1 unspecified atom stereocenters. The SMILES string of the molecule is CCOC(=O)c1noc(C2CCCC2(C)C)n1. The number of ether oxygens (including phenoxy) is 1. The predicted octanol–water partition coefficient (Wildman–Crippen LogP) is 2.54. The van der Waals surface area contributed by atoms with E-state index in [0.29, 0.717) is 12.5 Å². The molecule has 1 heterocycles. The molecule has 1 aromatic heterocycles. The van der Waals surface area contributed by atoms with E-state index in [9.17, 15) is 4.79 Å². The lowest BCUT2D eigenvalue weighted by atomic mass is 9.82. The summed E-state index contributed by atoms with van der Waals surface area (Å²) in [5.41, 5.74) is 0.165. The summed E-state index contributed by atoms with van der Waals surface area (Å²) in [6.07, 6.45) is 3.35. The molecular formula is C12H18N2O3. The van der Waals surface area contributed by atoms with Crippen molar-refractivity contribution in [2.24, 2.45) is 5.41 Å². The maximum absolute atomic E-state index is 11.4. The predicted molar refractivity (Wildman–Crippen MR) is 60.6 cm³/mol. The van der Waals surface area contributed by atoms with Crippen LogP contribution in [0.1, 0.15) is 62.5 Å². The summed E-state index contributed by atoms with van der Waals surface area (Å²) in [6, 6.07) is 0. The van der Waals surface area contributed by atoms with Crippen molar-refractivity contribution in [1.82, 2.24) is 10.1 Å². The summed E-state index contributed by atoms with van der Waals surface area (Å²) in [5.74, 6) is 0.330. The first kappa shape index (κ1) is 12.1. The Morgan fingerprint density at radius 3 is 2.94 bits per heavy atom. The first-order chi connectivity index (χ1) is 8.04. The van der Waals surface area contributed by atoms with E-state index in [2.05, 4.69) is 24.0 Å². The summed E-state index contributed by atoms with van der Waals surface area (Å²) in [5, 5.41) is 3.68. The third-order valence-electron chi connectivity index (χ3n) is 3.46. The second kappa shape index (κ2) is 4.47. The first-order valence-electron chi connectivity index (χ1n) is 6.05. The molecule has 1 aromatic rings. The zero-order valence-corrected chi connectivity index (χ0v) is 10.5. The van der Waals surface area contributed by atoms with Crippen LogP contribution < -0.4 is 0 Å². The van der Waals surface area contributed by atoms with Crippen LogP contribution >= 0.6 is 0 Å². The van der Waals surface area contributed by atoms with E-state index >= 15 is 0 Å². The van der Waals surface area contributed by atoms with Gasteiger partial charge in [-0.2, -0.15) is 4.98 Å². The van der Waals surface area contributed by atoms with Crippen molar-refractivity contribution in [3.8, 4) is 0 Å². The van der Waals surface area contributed by atoms with Crippen LogP contribution in [0, 0.1) is 5.41 Å². The van der Waals surface area contributed by atoms with Crippen LogP contribution in [0.25, 0.3) is 0 Å². The van der Waals surface area contributed by atoms with Gasteiger partial charge < -0.3 is 9.26 Å². The molecule has 2 rings (SSSR count). The van der Waals surface area contributed by atoms with Crippen LogP contribution in [0.5, 0.6) is 0 Å². The lowest BCUT2D eigenvalue weighted by Crippen LogP contribution is -2.16. The largest absolute Gasteiger partial charge is 0.460 e. The van der Waals surface area contributed by atoms with Gasteiger partial charge in [0, 0.05) is 5.92 Å². The van der Waals surface area contributed by atoms with E-state index in [-0.39, 0.29) is 17.2 Å². The van der Waals surface area contributed by atoms with Gasteiger partial charge in [-0.1, -0.05) is 20.3 Å². The molecule has 0 amide bonds. The molecule has 1 aliphatic rings. The van der Waals surface area contributed by atoms with Crippen LogP contribution in [-0.2, 0) is 4.74 Å². The third-order valence-corrected chi connectivity index (χ3v) is 3.46. The highest BCUT2D eigenvalue weighted by Crippen LogP contribution is 2.48. The van der Waals surface area contributed by atoms with Gasteiger partial charge >= 0.3 is 5.97 Å². The van der Waals surface area contributed by atoms with Crippen molar-refractivity contribution in [1.29, 1.82) is 0 Å². The van der Waals surface area contributed by atoms with Gasteiger partial charge in [-0.05, 0) is 30.3 Å². The topological polar surface area (TPSA) is 65.2 Å². The molecule has 1 aliphatic carbocycles. The normalized spacial score (nSPS) is 22.6. The van der Waals surface area contributed by atoms with Crippen LogP contribution in [0.3, 0.4) is 0 Å². The Morgan fingerprint density at radius 1 is 1.59 bits per heavy atom. The summed E-state index contributed by atoms with van der Waals surface area (Å²) in [6.45, 7) is 6.45. The van der Waals surface area contributed by atoms with Gasteiger partial charge in [-0.25, -0.2) is 4.79 Å². The molecule has 94 valence electrons. The lowest BCUT2D eigenvalue weighted by Gasteiger charge is -2.23. The van der Waals surface area contributed by atoms with Gasteiger partial charge in [0.1, 0.15) is 0 Å². The fourth-order valence-corrected chi connectivity index (χ4v) is 2.44. The van der Waals surface area contributed by atoms with E-state index in [1.807, 2.05) is 0 Å². The zero-order valence-electron chi connectivity index (χ0n) is 10.5. The smallest absolute Gasteiger partial charge is 0.379 e. The maximum atomic E-state index is 11.4. The molecule has 1 atom stereocenters. The Bertz CT molecular complexity index is 412. The molecule has 0 aromatic carbocycles. The summed E-state index contributed by atoms with van der Waals surface area (Å²) in [7, 11) is 0. The number of rotatable bonds is 3. The monoisotopic (exact) mass is 238 g/mol. The fourth-order valence-electron chi connectivity index (χ4n) is 2.44. The minimum Gasteiger partial charge on any atom is -0.460 e. The molecule has 0 N–H and O–H groups in total. The molecule has 0 spiro atoms. The Morgan fingerprint density at radius 2 is 2.35 bits per heavy atom.